The van der Waals surface area contributed by atoms with Crippen LogP contribution >= 0.6 is 7.82 Å². The summed E-state index contributed by atoms with van der Waals surface area (Å²) in [6, 6.07) is 12.9. The highest BCUT2D eigenvalue weighted by Gasteiger charge is 2.26. The Hall–Kier alpha value is -4.33. The Labute approximate surface area is 238 Å². The van der Waals surface area contributed by atoms with Crippen molar-refractivity contribution in [2.24, 2.45) is 0 Å². The molecule has 0 atom stereocenters. The molecule has 4 aromatic rings. The zero-order chi connectivity index (χ0) is 29.6. The van der Waals surface area contributed by atoms with Crippen LogP contribution in [0.5, 0.6) is 5.75 Å². The number of likely N-dealkylation sites (N-methyl/N-ethyl adjacent to an activating group) is 1. The number of anilines is 1. The number of aromatic nitrogens is 3. The van der Waals surface area contributed by atoms with Crippen LogP contribution in [0.25, 0.3) is 33.3 Å². The van der Waals surface area contributed by atoms with Crippen molar-refractivity contribution < 1.29 is 27.7 Å². The van der Waals surface area contributed by atoms with E-state index in [9.17, 15) is 14.6 Å². The van der Waals surface area contributed by atoms with Gasteiger partial charge in [-0.2, -0.15) is 5.26 Å². The van der Waals surface area contributed by atoms with E-state index in [1.165, 1.54) is 11.0 Å². The molecule has 0 aliphatic carbocycles. The van der Waals surface area contributed by atoms with Gasteiger partial charge in [-0.15, -0.1) is 0 Å². The van der Waals surface area contributed by atoms with Gasteiger partial charge in [-0.05, 0) is 61.4 Å². The number of carbonyl (C=O) groups excluding carboxylic acids is 1. The molecule has 1 amide bonds. The molecular weight excluding hydrogens is 545 g/mol. The SMILES string of the molecule is C=CC(=O)N(C)c1cc(OC)cc(-c2cnc3c(c2)c(-c2ccnc(C#N)c2)cn3COP(=O)(OCC)OCC)c1. The second kappa shape index (κ2) is 12.9. The molecule has 0 spiro atoms. The Morgan fingerprint density at radius 1 is 1.10 bits per heavy atom. The number of benzene rings is 1. The summed E-state index contributed by atoms with van der Waals surface area (Å²) in [4.78, 5) is 22.5. The second-order valence-electron chi connectivity index (χ2n) is 8.71. The maximum absolute atomic E-state index is 12.9. The fourth-order valence-electron chi connectivity index (χ4n) is 4.20. The van der Waals surface area contributed by atoms with Crippen LogP contribution in [-0.4, -0.2) is 47.8 Å². The number of ether oxygens (including phenoxy) is 1. The molecule has 3 heterocycles. The number of phosphoric acid groups is 1. The van der Waals surface area contributed by atoms with Crippen molar-refractivity contribution in [2.45, 2.75) is 20.6 Å². The summed E-state index contributed by atoms with van der Waals surface area (Å²) in [7, 11) is -0.578. The lowest BCUT2D eigenvalue weighted by atomic mass is 10.0. The van der Waals surface area contributed by atoms with Crippen molar-refractivity contribution in [1.82, 2.24) is 14.5 Å². The van der Waals surface area contributed by atoms with Gasteiger partial charge in [0, 0.05) is 53.9 Å². The topological polar surface area (TPSA) is 129 Å². The van der Waals surface area contributed by atoms with E-state index >= 15 is 0 Å². The van der Waals surface area contributed by atoms with Gasteiger partial charge >= 0.3 is 7.82 Å². The van der Waals surface area contributed by atoms with Gasteiger partial charge in [0.2, 0.25) is 5.91 Å². The summed E-state index contributed by atoms with van der Waals surface area (Å²) in [6.07, 6.45) is 6.29. The van der Waals surface area contributed by atoms with Gasteiger partial charge in [0.15, 0.2) is 0 Å². The van der Waals surface area contributed by atoms with Gasteiger partial charge in [-0.25, -0.2) is 14.5 Å². The molecule has 1 aromatic carbocycles. The fourth-order valence-corrected chi connectivity index (χ4v) is 5.33. The first kappa shape index (κ1) is 29.6. The van der Waals surface area contributed by atoms with E-state index in [0.717, 1.165) is 27.6 Å². The van der Waals surface area contributed by atoms with E-state index in [0.29, 0.717) is 17.1 Å². The molecule has 12 heteroatoms. The molecule has 0 bridgehead atoms. The minimum absolute atomic E-state index is 0.153. The van der Waals surface area contributed by atoms with Crippen LogP contribution < -0.4 is 9.64 Å². The van der Waals surface area contributed by atoms with Crippen molar-refractivity contribution >= 4 is 30.5 Å². The fraction of sp³-hybridized carbons (Fsp3) is 0.241. The van der Waals surface area contributed by atoms with Gasteiger partial charge in [0.1, 0.15) is 29.9 Å². The normalized spacial score (nSPS) is 11.3. The zero-order valence-corrected chi connectivity index (χ0v) is 24.1. The number of methoxy groups -OCH3 is 1. The molecule has 41 heavy (non-hydrogen) atoms. The number of nitriles is 1. The highest BCUT2D eigenvalue weighted by molar-refractivity contribution is 7.48. The lowest BCUT2D eigenvalue weighted by molar-refractivity contribution is -0.113. The van der Waals surface area contributed by atoms with Crippen LogP contribution in [0, 0.1) is 11.3 Å². The average Bonchev–Trinajstić information content (AvgIpc) is 3.37. The van der Waals surface area contributed by atoms with Gasteiger partial charge in [-0.3, -0.25) is 18.4 Å². The van der Waals surface area contributed by atoms with Crippen LogP contribution in [0.1, 0.15) is 19.5 Å². The van der Waals surface area contributed by atoms with Crippen molar-refractivity contribution in [3.05, 3.63) is 73.3 Å². The van der Waals surface area contributed by atoms with Gasteiger partial charge in [0.25, 0.3) is 0 Å². The number of amides is 1. The summed E-state index contributed by atoms with van der Waals surface area (Å²) >= 11 is 0. The molecule has 0 N–H and O–H groups in total. The van der Waals surface area contributed by atoms with Crippen LogP contribution in [0.15, 0.2) is 67.6 Å². The number of nitrogens with zero attached hydrogens (tertiary/aromatic N) is 5. The maximum Gasteiger partial charge on any atom is 0.476 e. The lowest BCUT2D eigenvalue weighted by Crippen LogP contribution is -2.23. The number of fused-ring (bicyclic) bond motifs is 1. The molecule has 0 unspecified atom stereocenters. The third-order valence-electron chi connectivity index (χ3n) is 6.18. The monoisotopic (exact) mass is 575 g/mol. The van der Waals surface area contributed by atoms with E-state index < -0.39 is 7.82 Å². The van der Waals surface area contributed by atoms with E-state index in [1.54, 1.807) is 69.4 Å². The quantitative estimate of drug-likeness (QED) is 0.149. The van der Waals surface area contributed by atoms with Crippen molar-refractivity contribution in [2.75, 3.05) is 32.3 Å². The standard InChI is InChI=1S/C29H30N5O6P/c1-6-28(35)33(4)24-12-21(13-25(15-24)37-5)22-14-26-27(20-9-10-31-23(11-20)16-30)18-34(29(26)32-17-22)19-40-41(36,38-7-2)39-8-3/h6,9-15,17-18H,1,7-8,19H2,2-5H3. The molecular formula is C29H30N5O6P. The maximum atomic E-state index is 12.9. The molecule has 0 radical (unpaired) electrons. The second-order valence-corrected chi connectivity index (χ2v) is 10.4. The molecule has 3 aromatic heterocycles. The minimum Gasteiger partial charge on any atom is -0.497 e. The Morgan fingerprint density at radius 2 is 1.85 bits per heavy atom. The van der Waals surface area contributed by atoms with Gasteiger partial charge < -0.3 is 14.2 Å². The summed E-state index contributed by atoms with van der Waals surface area (Å²) in [5.74, 6) is 0.294. The molecule has 0 saturated carbocycles. The van der Waals surface area contributed by atoms with Crippen LogP contribution in [0.3, 0.4) is 0 Å². The highest BCUT2D eigenvalue weighted by Crippen LogP contribution is 2.49. The molecule has 4 rings (SSSR count). The Balaban J connectivity index is 1.86. The van der Waals surface area contributed by atoms with E-state index in [4.69, 9.17) is 23.3 Å². The number of rotatable bonds is 12. The predicted molar refractivity (Wildman–Crippen MR) is 155 cm³/mol. The van der Waals surface area contributed by atoms with E-state index in [2.05, 4.69) is 17.6 Å². The number of hydrogen-bond acceptors (Lipinski definition) is 9. The molecule has 0 fully saturated rings. The lowest BCUT2D eigenvalue weighted by Gasteiger charge is -2.18. The molecule has 0 aliphatic rings. The van der Waals surface area contributed by atoms with E-state index in [-0.39, 0.29) is 31.5 Å². The predicted octanol–water partition coefficient (Wildman–Crippen LogP) is 5.95. The first-order chi connectivity index (χ1) is 19.7. The van der Waals surface area contributed by atoms with Crippen LogP contribution in [0.2, 0.25) is 0 Å². The minimum atomic E-state index is -3.79. The Bertz CT molecular complexity index is 1670. The Morgan fingerprint density at radius 3 is 2.51 bits per heavy atom. The number of phosphoric ester groups is 1. The summed E-state index contributed by atoms with van der Waals surface area (Å²) < 4.78 is 36.3. The first-order valence-electron chi connectivity index (χ1n) is 12.7. The van der Waals surface area contributed by atoms with Crippen LogP contribution in [-0.2, 0) is 29.7 Å². The average molecular weight is 576 g/mol. The number of carbonyl (C=O) groups is 1. The summed E-state index contributed by atoms with van der Waals surface area (Å²) in [5.41, 5.74) is 4.42. The van der Waals surface area contributed by atoms with Gasteiger partial charge in [-0.1, -0.05) is 6.58 Å². The molecule has 11 nitrogen and oxygen atoms in total. The largest absolute Gasteiger partial charge is 0.497 e. The van der Waals surface area contributed by atoms with Crippen molar-refractivity contribution in [3.63, 3.8) is 0 Å². The number of pyridine rings is 2. The third-order valence-corrected chi connectivity index (χ3v) is 7.76. The first-order valence-corrected chi connectivity index (χ1v) is 14.2. The summed E-state index contributed by atoms with van der Waals surface area (Å²) in [5, 5.41) is 10.2. The zero-order valence-electron chi connectivity index (χ0n) is 23.2. The molecule has 212 valence electrons. The molecule has 0 aliphatic heterocycles. The van der Waals surface area contributed by atoms with Crippen molar-refractivity contribution in [1.29, 1.82) is 5.26 Å². The third kappa shape index (κ3) is 6.53. The number of hydrogen-bond donors (Lipinski definition) is 0. The summed E-state index contributed by atoms with van der Waals surface area (Å²) in [6.45, 7) is 7.12. The molecule has 0 saturated heterocycles. The van der Waals surface area contributed by atoms with Crippen LogP contribution in [0.4, 0.5) is 5.69 Å². The van der Waals surface area contributed by atoms with E-state index in [1.807, 2.05) is 18.2 Å². The van der Waals surface area contributed by atoms with Crippen molar-refractivity contribution in [3.8, 4) is 34.1 Å². The highest BCUT2D eigenvalue weighted by atomic mass is 31.2. The Kier molecular flexibility index (Phi) is 9.32. The smallest absolute Gasteiger partial charge is 0.476 e. The van der Waals surface area contributed by atoms with Gasteiger partial charge in [0.05, 0.1) is 20.3 Å².